The summed E-state index contributed by atoms with van der Waals surface area (Å²) in [4.78, 5) is 30.3. The van der Waals surface area contributed by atoms with E-state index in [-0.39, 0.29) is 10.9 Å². The Labute approximate surface area is 163 Å². The molecule has 2 fully saturated rings. The molecule has 1 saturated heterocycles. The predicted molar refractivity (Wildman–Crippen MR) is 107 cm³/mol. The van der Waals surface area contributed by atoms with Crippen molar-refractivity contribution in [3.05, 3.63) is 38.9 Å². The molecule has 28 heavy (non-hydrogen) atoms. The first-order valence-electron chi connectivity index (χ1n) is 9.92. The van der Waals surface area contributed by atoms with Gasteiger partial charge in [-0.3, -0.25) is 9.59 Å². The van der Waals surface area contributed by atoms with Crippen molar-refractivity contribution in [2.24, 2.45) is 5.92 Å². The predicted octanol–water partition coefficient (Wildman–Crippen LogP) is 1.15. The Morgan fingerprint density at radius 3 is 2.29 bits per heavy atom. The van der Waals surface area contributed by atoms with E-state index in [9.17, 15) is 18.0 Å². The average molecular weight is 407 g/mol. The smallest absolute Gasteiger partial charge is 0.314 e. The summed E-state index contributed by atoms with van der Waals surface area (Å²) in [6.45, 7) is 2.96. The maximum atomic E-state index is 12.8. The highest BCUT2D eigenvalue weighted by molar-refractivity contribution is 7.89. The maximum absolute atomic E-state index is 12.8. The molecule has 0 atom stereocenters. The van der Waals surface area contributed by atoms with E-state index in [1.807, 2.05) is 0 Å². The molecule has 9 heteroatoms. The lowest BCUT2D eigenvalue weighted by molar-refractivity contribution is 0.180. The fraction of sp³-hybridized carbons (Fsp3) is 0.579. The maximum Gasteiger partial charge on any atom is 0.314 e. The number of likely N-dealkylation sites (tertiary alicyclic amines) is 1. The van der Waals surface area contributed by atoms with Crippen molar-refractivity contribution in [2.45, 2.75) is 49.5 Å². The van der Waals surface area contributed by atoms with Gasteiger partial charge in [0.15, 0.2) is 0 Å². The molecule has 2 aliphatic rings. The topological polar surface area (TPSA) is 115 Å². The highest BCUT2D eigenvalue weighted by Crippen LogP contribution is 2.26. The molecule has 3 N–H and O–H groups in total. The largest absolute Gasteiger partial charge is 0.316 e. The molecule has 8 nitrogen and oxygen atoms in total. The van der Waals surface area contributed by atoms with E-state index >= 15 is 0 Å². The number of nitrogens with one attached hydrogen (secondary N) is 3. The first kappa shape index (κ1) is 19.4. The highest BCUT2D eigenvalue weighted by atomic mass is 32.2. The fourth-order valence-electron chi connectivity index (χ4n) is 4.34. The molecule has 0 amide bonds. The lowest BCUT2D eigenvalue weighted by Crippen LogP contribution is -2.45. The third-order valence-electron chi connectivity index (χ3n) is 5.90. The number of nitrogens with zero attached hydrogens (tertiary/aromatic N) is 1. The zero-order valence-corrected chi connectivity index (χ0v) is 16.6. The normalized spacial score (nSPS) is 20.1. The van der Waals surface area contributed by atoms with Gasteiger partial charge in [-0.25, -0.2) is 13.1 Å². The van der Waals surface area contributed by atoms with E-state index in [0.717, 1.165) is 38.4 Å². The third-order valence-corrected chi connectivity index (χ3v) is 7.42. The van der Waals surface area contributed by atoms with E-state index in [1.54, 1.807) is 0 Å². The number of hydrogen-bond donors (Lipinski definition) is 3. The van der Waals surface area contributed by atoms with Crippen molar-refractivity contribution in [3.63, 3.8) is 0 Å². The van der Waals surface area contributed by atoms with Gasteiger partial charge in [-0.05, 0) is 62.9 Å². The minimum absolute atomic E-state index is 0.0797. The summed E-state index contributed by atoms with van der Waals surface area (Å²) in [6.07, 6.45) is 6.91. The van der Waals surface area contributed by atoms with Crippen molar-refractivity contribution in [1.82, 2.24) is 19.6 Å². The Morgan fingerprint density at radius 2 is 1.61 bits per heavy atom. The fourth-order valence-corrected chi connectivity index (χ4v) is 5.67. The standard InChI is InChI=1S/C19H26N4O4S/c24-18-19(25)21-17-11-15(5-6-16(17)20-18)28(26,27)22-14-7-9-23(10-8-14)12-13-3-1-2-4-13/h5-6,11,13-14,22H,1-4,7-10,12H2,(H,20,24)(H,21,25). The minimum atomic E-state index is -3.70. The number of aromatic nitrogens is 2. The van der Waals surface area contributed by atoms with Crippen LogP contribution in [0.4, 0.5) is 0 Å². The lowest BCUT2D eigenvalue weighted by Gasteiger charge is -2.33. The molecule has 2 heterocycles. The Hall–Kier alpha value is -1.97. The lowest BCUT2D eigenvalue weighted by atomic mass is 10.0. The summed E-state index contributed by atoms with van der Waals surface area (Å²) < 4.78 is 28.3. The van der Waals surface area contributed by atoms with Gasteiger partial charge in [0, 0.05) is 12.6 Å². The van der Waals surface area contributed by atoms with Crippen LogP contribution in [-0.4, -0.2) is 49.0 Å². The van der Waals surface area contributed by atoms with Gasteiger partial charge in [0.1, 0.15) is 0 Å². The molecule has 0 radical (unpaired) electrons. The number of sulfonamides is 1. The van der Waals surface area contributed by atoms with Crippen LogP contribution in [0.15, 0.2) is 32.7 Å². The van der Waals surface area contributed by atoms with Crippen molar-refractivity contribution in [3.8, 4) is 0 Å². The van der Waals surface area contributed by atoms with Crippen LogP contribution in [0.3, 0.4) is 0 Å². The minimum Gasteiger partial charge on any atom is -0.316 e. The Bertz CT molecular complexity index is 1060. The number of aromatic amines is 2. The highest BCUT2D eigenvalue weighted by Gasteiger charge is 2.26. The molecule has 1 aromatic heterocycles. The van der Waals surface area contributed by atoms with Gasteiger partial charge < -0.3 is 14.9 Å². The van der Waals surface area contributed by atoms with Crippen LogP contribution in [-0.2, 0) is 10.0 Å². The van der Waals surface area contributed by atoms with Crippen LogP contribution in [0, 0.1) is 5.92 Å². The van der Waals surface area contributed by atoms with Gasteiger partial charge in [0.25, 0.3) is 0 Å². The van der Waals surface area contributed by atoms with Gasteiger partial charge >= 0.3 is 11.1 Å². The molecule has 1 aromatic carbocycles. The van der Waals surface area contributed by atoms with Gasteiger partial charge in [-0.15, -0.1) is 0 Å². The van der Waals surface area contributed by atoms with Crippen molar-refractivity contribution < 1.29 is 8.42 Å². The summed E-state index contributed by atoms with van der Waals surface area (Å²) in [5, 5.41) is 0. The Morgan fingerprint density at radius 1 is 0.964 bits per heavy atom. The van der Waals surface area contributed by atoms with Crippen LogP contribution in [0.25, 0.3) is 11.0 Å². The van der Waals surface area contributed by atoms with Crippen molar-refractivity contribution in [2.75, 3.05) is 19.6 Å². The monoisotopic (exact) mass is 406 g/mol. The number of hydrogen-bond acceptors (Lipinski definition) is 5. The van der Waals surface area contributed by atoms with Crippen LogP contribution in [0.5, 0.6) is 0 Å². The molecule has 4 rings (SSSR count). The van der Waals surface area contributed by atoms with Crippen LogP contribution in [0.2, 0.25) is 0 Å². The molecule has 2 aromatic rings. The van der Waals surface area contributed by atoms with Crippen LogP contribution < -0.4 is 15.8 Å². The number of fused-ring (bicyclic) bond motifs is 1. The molecule has 0 unspecified atom stereocenters. The first-order valence-corrected chi connectivity index (χ1v) is 11.4. The molecule has 1 aliphatic heterocycles. The number of H-pyrrole nitrogens is 2. The molecule has 0 bridgehead atoms. The average Bonchev–Trinajstić information content (AvgIpc) is 3.17. The molecule has 0 spiro atoms. The first-order chi connectivity index (χ1) is 13.4. The second kappa shape index (κ2) is 7.81. The van der Waals surface area contributed by atoms with E-state index in [4.69, 9.17) is 0 Å². The molecule has 1 aliphatic carbocycles. The summed E-state index contributed by atoms with van der Waals surface area (Å²) in [5.41, 5.74) is -0.877. The van der Waals surface area contributed by atoms with E-state index in [1.165, 1.54) is 43.9 Å². The third kappa shape index (κ3) is 4.21. The van der Waals surface area contributed by atoms with Crippen molar-refractivity contribution >= 4 is 21.1 Å². The van der Waals surface area contributed by atoms with E-state index in [0.29, 0.717) is 11.0 Å². The van der Waals surface area contributed by atoms with Gasteiger partial charge in [-0.2, -0.15) is 0 Å². The second-order valence-electron chi connectivity index (χ2n) is 7.96. The van der Waals surface area contributed by atoms with Crippen LogP contribution in [0.1, 0.15) is 38.5 Å². The summed E-state index contributed by atoms with van der Waals surface area (Å²) >= 11 is 0. The molecular weight excluding hydrogens is 380 g/mol. The Balaban J connectivity index is 1.41. The summed E-state index contributed by atoms with van der Waals surface area (Å²) in [7, 11) is -3.70. The van der Waals surface area contributed by atoms with Crippen molar-refractivity contribution in [1.29, 1.82) is 0 Å². The van der Waals surface area contributed by atoms with E-state index < -0.39 is 21.1 Å². The SMILES string of the molecule is O=c1[nH]c2ccc(S(=O)(=O)NC3CCN(CC4CCCC4)CC3)cc2[nH]c1=O. The second-order valence-corrected chi connectivity index (χ2v) is 9.68. The number of rotatable bonds is 5. The zero-order valence-electron chi connectivity index (χ0n) is 15.7. The Kier molecular flexibility index (Phi) is 5.39. The van der Waals surface area contributed by atoms with E-state index in [2.05, 4.69) is 19.6 Å². The van der Waals surface area contributed by atoms with Crippen LogP contribution >= 0.6 is 0 Å². The quantitative estimate of drug-likeness (QED) is 0.645. The molecule has 152 valence electrons. The number of benzene rings is 1. The molecular formula is C19H26N4O4S. The zero-order chi connectivity index (χ0) is 19.7. The summed E-state index contributed by atoms with van der Waals surface area (Å²) in [5.74, 6) is 0.805. The van der Waals surface area contributed by atoms with Gasteiger partial charge in [0.05, 0.1) is 15.9 Å². The summed E-state index contributed by atoms with van der Waals surface area (Å²) in [6, 6.07) is 4.22. The van der Waals surface area contributed by atoms with Gasteiger partial charge in [0.2, 0.25) is 10.0 Å². The number of piperidine rings is 1. The molecule has 1 saturated carbocycles. The van der Waals surface area contributed by atoms with Gasteiger partial charge in [-0.1, -0.05) is 12.8 Å².